The van der Waals surface area contributed by atoms with Crippen LogP contribution in [-0.4, -0.2) is 36.6 Å². The average molecular weight is 444 g/mol. The molecule has 0 fully saturated rings. The summed E-state index contributed by atoms with van der Waals surface area (Å²) in [5.74, 6) is -0.684. The molecule has 0 bridgehead atoms. The van der Waals surface area contributed by atoms with Crippen molar-refractivity contribution in [2.75, 3.05) is 13.7 Å². The molecule has 0 saturated carbocycles. The minimum atomic E-state index is -0.558. The maximum absolute atomic E-state index is 12.3. The van der Waals surface area contributed by atoms with Crippen LogP contribution in [0.1, 0.15) is 51.6 Å². The van der Waals surface area contributed by atoms with E-state index in [4.69, 9.17) is 17.0 Å². The Morgan fingerprint density at radius 2 is 1.74 bits per heavy atom. The Hall–Kier alpha value is -3.46. The zero-order chi connectivity index (χ0) is 23.0. The van der Waals surface area contributed by atoms with Crippen LogP contribution in [0.15, 0.2) is 42.5 Å². The maximum atomic E-state index is 12.3. The Labute approximate surface area is 186 Å². The second-order valence-corrected chi connectivity index (χ2v) is 7.42. The molecule has 0 aliphatic rings. The van der Waals surface area contributed by atoms with Crippen molar-refractivity contribution in [3.05, 3.63) is 64.7 Å². The van der Waals surface area contributed by atoms with Crippen molar-refractivity contribution >= 4 is 35.1 Å². The van der Waals surface area contributed by atoms with Gasteiger partial charge in [-0.3, -0.25) is 25.8 Å². The van der Waals surface area contributed by atoms with E-state index >= 15 is 0 Å². The summed E-state index contributed by atoms with van der Waals surface area (Å²) in [5.41, 5.74) is 7.28. The lowest BCUT2D eigenvalue weighted by atomic mass is 10.0. The van der Waals surface area contributed by atoms with Gasteiger partial charge < -0.3 is 9.47 Å². The van der Waals surface area contributed by atoms with Crippen LogP contribution in [-0.2, 0) is 9.53 Å². The van der Waals surface area contributed by atoms with Gasteiger partial charge in [0.1, 0.15) is 5.75 Å². The van der Waals surface area contributed by atoms with Crippen LogP contribution in [0.5, 0.6) is 5.75 Å². The van der Waals surface area contributed by atoms with Crippen molar-refractivity contribution in [2.45, 2.75) is 26.7 Å². The molecule has 3 N–H and O–H groups in total. The maximum Gasteiger partial charge on any atom is 0.337 e. The number of hydrogen-bond donors (Lipinski definition) is 3. The number of hydrogen-bond acceptors (Lipinski definition) is 6. The number of esters is 1. The third-order valence-electron chi connectivity index (χ3n) is 4.24. The highest BCUT2D eigenvalue weighted by Gasteiger charge is 2.13. The summed E-state index contributed by atoms with van der Waals surface area (Å²) >= 11 is 5.02. The van der Waals surface area contributed by atoms with Crippen molar-refractivity contribution in [3.8, 4) is 5.75 Å². The standard InChI is InChI=1S/C22H25N3O5S/c1-13(2)17-9-8-14(3)10-18(17)30-12-19(26)24-25-22(31)23-20(27)15-6-5-7-16(11-15)21(28)29-4/h5-11,13H,12H2,1-4H3,(H,24,26)(H2,23,25,27,31). The largest absolute Gasteiger partial charge is 0.483 e. The van der Waals surface area contributed by atoms with Crippen molar-refractivity contribution in [1.29, 1.82) is 0 Å². The molecular formula is C22H25N3O5S. The van der Waals surface area contributed by atoms with Gasteiger partial charge in [0, 0.05) is 5.56 Å². The number of ether oxygens (including phenoxy) is 2. The monoisotopic (exact) mass is 443 g/mol. The second kappa shape index (κ2) is 11.1. The Morgan fingerprint density at radius 1 is 1.03 bits per heavy atom. The summed E-state index contributed by atoms with van der Waals surface area (Å²) in [5, 5.41) is 2.30. The number of amides is 2. The minimum absolute atomic E-state index is 0.111. The molecule has 8 nitrogen and oxygen atoms in total. The van der Waals surface area contributed by atoms with E-state index in [0.717, 1.165) is 11.1 Å². The molecule has 0 unspecified atom stereocenters. The van der Waals surface area contributed by atoms with Gasteiger partial charge in [-0.2, -0.15) is 0 Å². The SMILES string of the molecule is COC(=O)c1cccc(C(=O)NC(=S)NNC(=O)COc2cc(C)ccc2C(C)C)c1. The highest BCUT2D eigenvalue weighted by atomic mass is 32.1. The number of rotatable bonds is 6. The van der Waals surface area contributed by atoms with Gasteiger partial charge in [0.25, 0.3) is 11.8 Å². The first-order valence-electron chi connectivity index (χ1n) is 9.53. The van der Waals surface area contributed by atoms with E-state index in [1.807, 2.05) is 39.0 Å². The number of carbonyl (C=O) groups is 3. The summed E-state index contributed by atoms with van der Waals surface area (Å²) < 4.78 is 10.3. The molecule has 0 radical (unpaired) electrons. The Morgan fingerprint density at radius 3 is 2.42 bits per heavy atom. The van der Waals surface area contributed by atoms with Crippen LogP contribution in [0.25, 0.3) is 0 Å². The van der Waals surface area contributed by atoms with Crippen LogP contribution < -0.4 is 20.9 Å². The van der Waals surface area contributed by atoms with Crippen LogP contribution in [0, 0.1) is 6.92 Å². The molecule has 2 aromatic carbocycles. The van der Waals surface area contributed by atoms with Gasteiger partial charge >= 0.3 is 5.97 Å². The lowest BCUT2D eigenvalue weighted by Gasteiger charge is -2.15. The van der Waals surface area contributed by atoms with Gasteiger partial charge in [-0.25, -0.2) is 4.79 Å². The van der Waals surface area contributed by atoms with Gasteiger partial charge in [0.15, 0.2) is 11.7 Å². The molecule has 9 heteroatoms. The van der Waals surface area contributed by atoms with Crippen LogP contribution >= 0.6 is 12.2 Å². The highest BCUT2D eigenvalue weighted by Crippen LogP contribution is 2.27. The molecule has 2 rings (SSSR count). The van der Waals surface area contributed by atoms with Gasteiger partial charge in [0.05, 0.1) is 12.7 Å². The molecule has 164 valence electrons. The van der Waals surface area contributed by atoms with Gasteiger partial charge in [-0.1, -0.05) is 32.0 Å². The predicted molar refractivity (Wildman–Crippen MR) is 120 cm³/mol. The molecule has 0 aromatic heterocycles. The molecule has 31 heavy (non-hydrogen) atoms. The third kappa shape index (κ3) is 7.07. The molecule has 0 saturated heterocycles. The first kappa shape index (κ1) is 23.8. The van der Waals surface area contributed by atoms with Crippen LogP contribution in [0.2, 0.25) is 0 Å². The van der Waals surface area contributed by atoms with Gasteiger partial charge in [0.2, 0.25) is 0 Å². The number of hydrazine groups is 1. The minimum Gasteiger partial charge on any atom is -0.483 e. The van der Waals surface area contributed by atoms with E-state index in [2.05, 4.69) is 20.9 Å². The van der Waals surface area contributed by atoms with Crippen molar-refractivity contribution in [1.82, 2.24) is 16.2 Å². The Kier molecular flexibility index (Phi) is 8.51. The fourth-order valence-electron chi connectivity index (χ4n) is 2.66. The first-order valence-corrected chi connectivity index (χ1v) is 9.94. The van der Waals surface area contributed by atoms with E-state index in [1.165, 1.54) is 25.3 Å². The molecule has 2 aromatic rings. The van der Waals surface area contributed by atoms with Crippen molar-refractivity contribution in [2.24, 2.45) is 0 Å². The fourth-order valence-corrected chi connectivity index (χ4v) is 2.80. The number of nitrogens with one attached hydrogen (secondary N) is 3. The summed E-state index contributed by atoms with van der Waals surface area (Å²) in [4.78, 5) is 35.9. The van der Waals surface area contributed by atoms with Crippen molar-refractivity contribution in [3.63, 3.8) is 0 Å². The highest BCUT2D eigenvalue weighted by molar-refractivity contribution is 7.80. The van der Waals surface area contributed by atoms with E-state index < -0.39 is 17.8 Å². The molecule has 0 atom stereocenters. The molecule has 0 spiro atoms. The van der Waals surface area contributed by atoms with E-state index in [1.54, 1.807) is 6.07 Å². The summed E-state index contributed by atoms with van der Waals surface area (Å²) in [6, 6.07) is 11.8. The number of thiocarbonyl (C=S) groups is 1. The zero-order valence-corrected chi connectivity index (χ0v) is 18.6. The number of aryl methyl sites for hydroxylation is 1. The smallest absolute Gasteiger partial charge is 0.337 e. The summed E-state index contributed by atoms with van der Waals surface area (Å²) in [7, 11) is 1.25. The molecular weight excluding hydrogens is 418 g/mol. The summed E-state index contributed by atoms with van der Waals surface area (Å²) in [6.45, 7) is 5.80. The third-order valence-corrected chi connectivity index (χ3v) is 4.44. The predicted octanol–water partition coefficient (Wildman–Crippen LogP) is 2.62. The van der Waals surface area contributed by atoms with E-state index in [0.29, 0.717) is 5.75 Å². The van der Waals surface area contributed by atoms with E-state index in [-0.39, 0.29) is 28.8 Å². The lowest BCUT2D eigenvalue weighted by Crippen LogP contribution is -2.49. The van der Waals surface area contributed by atoms with Crippen molar-refractivity contribution < 1.29 is 23.9 Å². The average Bonchev–Trinajstić information content (AvgIpc) is 2.75. The van der Waals surface area contributed by atoms with Gasteiger partial charge in [-0.15, -0.1) is 0 Å². The van der Waals surface area contributed by atoms with Gasteiger partial charge in [-0.05, 0) is 60.5 Å². The van der Waals surface area contributed by atoms with Crippen LogP contribution in [0.3, 0.4) is 0 Å². The van der Waals surface area contributed by atoms with E-state index in [9.17, 15) is 14.4 Å². The first-order chi connectivity index (χ1) is 14.7. The number of methoxy groups -OCH3 is 1. The molecule has 0 aliphatic heterocycles. The Balaban J connectivity index is 1.85. The zero-order valence-electron chi connectivity index (χ0n) is 17.8. The second-order valence-electron chi connectivity index (χ2n) is 7.01. The quantitative estimate of drug-likeness (QED) is 0.358. The fraction of sp³-hybridized carbons (Fsp3) is 0.273. The topological polar surface area (TPSA) is 106 Å². The molecule has 0 heterocycles. The summed E-state index contributed by atoms with van der Waals surface area (Å²) in [6.07, 6.45) is 0. The number of carbonyl (C=O) groups excluding carboxylic acids is 3. The molecule has 0 aliphatic carbocycles. The number of benzene rings is 2. The Bertz CT molecular complexity index is 991. The normalized spacial score (nSPS) is 10.2. The van der Waals surface area contributed by atoms with Crippen LogP contribution in [0.4, 0.5) is 0 Å². The molecule has 2 amide bonds. The lowest BCUT2D eigenvalue weighted by molar-refractivity contribution is -0.123.